The zero-order valence-corrected chi connectivity index (χ0v) is 11.1. The summed E-state index contributed by atoms with van der Waals surface area (Å²) in [6, 6.07) is 4.15. The van der Waals surface area contributed by atoms with Gasteiger partial charge in [0.25, 0.3) is 0 Å². The summed E-state index contributed by atoms with van der Waals surface area (Å²) in [6.45, 7) is 3.79. The van der Waals surface area contributed by atoms with Gasteiger partial charge in [-0.15, -0.1) is 0 Å². The molecule has 1 saturated carbocycles. The molecule has 0 bridgehead atoms. The van der Waals surface area contributed by atoms with E-state index in [1.807, 2.05) is 24.6 Å². The van der Waals surface area contributed by atoms with Gasteiger partial charge >= 0.3 is 0 Å². The molecule has 0 amide bonds. The largest absolute Gasteiger partial charge is 0.393 e. The maximum Gasteiger partial charge on any atom is 0.120 e. The van der Waals surface area contributed by atoms with Crippen molar-refractivity contribution < 1.29 is 5.11 Å². The van der Waals surface area contributed by atoms with Crippen molar-refractivity contribution in [3.8, 4) is 6.07 Å². The number of aromatic nitrogens is 1. The quantitative estimate of drug-likeness (QED) is 0.846. The highest BCUT2D eigenvalue weighted by Crippen LogP contribution is 2.24. The van der Waals surface area contributed by atoms with Crippen molar-refractivity contribution in [3.05, 3.63) is 23.0 Å². The molecule has 2 unspecified atom stereocenters. The molecule has 2 N–H and O–H groups in total. The van der Waals surface area contributed by atoms with Crippen LogP contribution in [0.4, 0.5) is 0 Å². The third kappa shape index (κ3) is 2.74. The molecule has 0 aromatic carbocycles. The lowest BCUT2D eigenvalue weighted by Crippen LogP contribution is -2.21. The van der Waals surface area contributed by atoms with Crippen LogP contribution >= 0.6 is 0 Å². The van der Waals surface area contributed by atoms with E-state index in [1.54, 1.807) is 0 Å². The molecule has 98 valence electrons. The van der Waals surface area contributed by atoms with Crippen LogP contribution in [0.5, 0.6) is 0 Å². The van der Waals surface area contributed by atoms with Crippen molar-refractivity contribution in [1.29, 1.82) is 5.26 Å². The van der Waals surface area contributed by atoms with Crippen molar-refractivity contribution >= 4 is 0 Å². The fourth-order valence-corrected chi connectivity index (χ4v) is 2.69. The number of aliphatic hydroxyl groups is 1. The molecule has 4 nitrogen and oxygen atoms in total. The summed E-state index contributed by atoms with van der Waals surface area (Å²) < 4.78 is 1.93. The molecule has 4 heteroatoms. The molecule has 0 radical (unpaired) electrons. The highest BCUT2D eigenvalue weighted by Gasteiger charge is 2.22. The van der Waals surface area contributed by atoms with Crippen molar-refractivity contribution in [3.63, 3.8) is 0 Å². The van der Waals surface area contributed by atoms with Crippen LogP contribution in [0.3, 0.4) is 0 Å². The van der Waals surface area contributed by atoms with Crippen LogP contribution in [0.2, 0.25) is 0 Å². The molecule has 1 aromatic heterocycles. The number of nitriles is 1. The molecular formula is C14H21N3O. The SMILES string of the molecule is Cc1c(CNCC2CCC(O)C2)cc(C#N)n1C. The van der Waals surface area contributed by atoms with Crippen LogP contribution < -0.4 is 5.32 Å². The molecule has 1 aliphatic rings. The van der Waals surface area contributed by atoms with Crippen LogP contribution in [-0.4, -0.2) is 22.3 Å². The standard InChI is InChI=1S/C14H21N3O/c1-10-12(6-13(7-15)17(10)2)9-16-8-11-3-4-14(18)5-11/h6,11,14,16,18H,3-5,8-9H2,1-2H3. The van der Waals surface area contributed by atoms with E-state index in [0.29, 0.717) is 11.6 Å². The third-order valence-electron chi connectivity index (χ3n) is 4.02. The smallest absolute Gasteiger partial charge is 0.120 e. The van der Waals surface area contributed by atoms with Crippen LogP contribution in [0.1, 0.15) is 36.2 Å². The Morgan fingerprint density at radius 2 is 2.33 bits per heavy atom. The number of hydrogen-bond donors (Lipinski definition) is 2. The van der Waals surface area contributed by atoms with Gasteiger partial charge in [0, 0.05) is 19.3 Å². The number of rotatable bonds is 4. The molecule has 0 saturated heterocycles. The highest BCUT2D eigenvalue weighted by molar-refractivity contribution is 5.33. The fraction of sp³-hybridized carbons (Fsp3) is 0.643. The Labute approximate surface area is 108 Å². The summed E-state index contributed by atoms with van der Waals surface area (Å²) >= 11 is 0. The number of hydrogen-bond acceptors (Lipinski definition) is 3. The van der Waals surface area contributed by atoms with Crippen molar-refractivity contribution in [1.82, 2.24) is 9.88 Å². The Balaban J connectivity index is 1.85. The Kier molecular flexibility index (Phi) is 4.05. The lowest BCUT2D eigenvalue weighted by molar-refractivity contribution is 0.177. The Bertz CT molecular complexity index is 458. The highest BCUT2D eigenvalue weighted by atomic mass is 16.3. The maximum absolute atomic E-state index is 9.46. The summed E-state index contributed by atoms with van der Waals surface area (Å²) in [5.74, 6) is 0.597. The van der Waals surface area contributed by atoms with Gasteiger partial charge in [0.1, 0.15) is 11.8 Å². The van der Waals surface area contributed by atoms with Crippen molar-refractivity contribution in [2.24, 2.45) is 13.0 Å². The van der Waals surface area contributed by atoms with Crippen LogP contribution in [0.25, 0.3) is 0 Å². The first-order valence-electron chi connectivity index (χ1n) is 6.56. The Hall–Kier alpha value is -1.31. The fourth-order valence-electron chi connectivity index (χ4n) is 2.69. The summed E-state index contributed by atoms with van der Waals surface area (Å²) in [5, 5.41) is 21.9. The topological polar surface area (TPSA) is 61.0 Å². The summed E-state index contributed by atoms with van der Waals surface area (Å²) in [6.07, 6.45) is 2.88. The molecule has 1 aliphatic carbocycles. The average Bonchev–Trinajstić information content (AvgIpc) is 2.88. The van der Waals surface area contributed by atoms with E-state index in [1.165, 1.54) is 5.56 Å². The predicted octanol–water partition coefficient (Wildman–Crippen LogP) is 1.46. The van der Waals surface area contributed by atoms with E-state index >= 15 is 0 Å². The third-order valence-corrected chi connectivity index (χ3v) is 4.02. The molecular weight excluding hydrogens is 226 g/mol. The van der Waals surface area contributed by atoms with Crippen LogP contribution in [0, 0.1) is 24.2 Å². The van der Waals surface area contributed by atoms with E-state index in [9.17, 15) is 5.11 Å². The second kappa shape index (κ2) is 5.55. The minimum atomic E-state index is -0.0968. The molecule has 1 heterocycles. The Morgan fingerprint density at radius 3 is 2.89 bits per heavy atom. The molecule has 1 fully saturated rings. The number of nitrogens with one attached hydrogen (secondary N) is 1. The molecule has 18 heavy (non-hydrogen) atoms. The summed E-state index contributed by atoms with van der Waals surface area (Å²) in [5.41, 5.74) is 3.04. The molecule has 1 aromatic rings. The van der Waals surface area contributed by atoms with E-state index < -0.39 is 0 Å². The monoisotopic (exact) mass is 247 g/mol. The zero-order valence-electron chi connectivity index (χ0n) is 11.1. The summed E-state index contributed by atoms with van der Waals surface area (Å²) in [7, 11) is 1.92. The minimum absolute atomic E-state index is 0.0968. The van der Waals surface area contributed by atoms with E-state index in [4.69, 9.17) is 5.26 Å². The van der Waals surface area contributed by atoms with Gasteiger partial charge in [0.05, 0.1) is 6.10 Å². The molecule has 2 atom stereocenters. The second-order valence-electron chi connectivity index (χ2n) is 5.27. The Morgan fingerprint density at radius 1 is 1.56 bits per heavy atom. The van der Waals surface area contributed by atoms with Gasteiger partial charge in [-0.25, -0.2) is 0 Å². The lowest BCUT2D eigenvalue weighted by Gasteiger charge is -2.10. The summed E-state index contributed by atoms with van der Waals surface area (Å²) in [4.78, 5) is 0. The minimum Gasteiger partial charge on any atom is -0.393 e. The van der Waals surface area contributed by atoms with E-state index in [0.717, 1.165) is 38.0 Å². The second-order valence-corrected chi connectivity index (χ2v) is 5.27. The number of nitrogens with zero attached hydrogens (tertiary/aromatic N) is 2. The van der Waals surface area contributed by atoms with Gasteiger partial charge < -0.3 is 15.0 Å². The van der Waals surface area contributed by atoms with Crippen molar-refractivity contribution in [2.45, 2.75) is 38.8 Å². The average molecular weight is 247 g/mol. The van der Waals surface area contributed by atoms with Crippen LogP contribution in [0.15, 0.2) is 6.07 Å². The maximum atomic E-state index is 9.46. The normalized spacial score (nSPS) is 23.2. The van der Waals surface area contributed by atoms with E-state index in [2.05, 4.69) is 11.4 Å². The lowest BCUT2D eigenvalue weighted by atomic mass is 10.1. The number of aliphatic hydroxyl groups excluding tert-OH is 1. The van der Waals surface area contributed by atoms with Gasteiger partial charge in [-0.05, 0) is 50.3 Å². The van der Waals surface area contributed by atoms with E-state index in [-0.39, 0.29) is 6.10 Å². The first-order valence-corrected chi connectivity index (χ1v) is 6.56. The van der Waals surface area contributed by atoms with Gasteiger partial charge in [-0.2, -0.15) is 5.26 Å². The molecule has 0 spiro atoms. The zero-order chi connectivity index (χ0) is 13.1. The van der Waals surface area contributed by atoms with Crippen LogP contribution in [-0.2, 0) is 13.6 Å². The van der Waals surface area contributed by atoms with Gasteiger partial charge in [0.15, 0.2) is 0 Å². The van der Waals surface area contributed by atoms with Gasteiger partial charge in [-0.1, -0.05) is 0 Å². The predicted molar refractivity (Wildman–Crippen MR) is 69.9 cm³/mol. The van der Waals surface area contributed by atoms with Gasteiger partial charge in [-0.3, -0.25) is 0 Å². The van der Waals surface area contributed by atoms with Crippen molar-refractivity contribution in [2.75, 3.05) is 6.54 Å². The molecule has 2 rings (SSSR count). The first kappa shape index (κ1) is 13.1. The molecule has 0 aliphatic heterocycles. The van der Waals surface area contributed by atoms with Gasteiger partial charge in [0.2, 0.25) is 0 Å². The first-order chi connectivity index (χ1) is 8.61.